The van der Waals surface area contributed by atoms with Gasteiger partial charge in [-0.1, -0.05) is 61.0 Å². The average Bonchev–Trinajstić information content (AvgIpc) is 3.10. The van der Waals surface area contributed by atoms with Crippen molar-refractivity contribution in [1.29, 1.82) is 0 Å². The number of aryl methyl sites for hydroxylation is 4. The summed E-state index contributed by atoms with van der Waals surface area (Å²) in [6, 6.07) is 12.9. The van der Waals surface area contributed by atoms with Crippen molar-refractivity contribution in [2.45, 2.75) is 80.6 Å². The van der Waals surface area contributed by atoms with E-state index < -0.39 is 0 Å². The standard InChI is InChI=1S/C25H32O3.C9H12/c1-14(9-19(6)28-8)20(7)21-10-15(2)23(16(3)11-21)24-17(4)12-22(25(24)27)13-18(5)26;1-3-9-6-4-5-8(2)7-9/h9-11,22,24H,4,12-13H2,1-3,5-8H3;4-7H,3H2,1-2H3/b19-9+,20-14+;. The van der Waals surface area contributed by atoms with Gasteiger partial charge in [-0.3, -0.25) is 4.79 Å². The molecular formula is C34H44O3. The molecule has 2 unspecified atom stereocenters. The minimum Gasteiger partial charge on any atom is -0.501 e. The molecule has 0 radical (unpaired) electrons. The zero-order valence-electron chi connectivity index (χ0n) is 24.2. The molecule has 1 aliphatic rings. The second kappa shape index (κ2) is 13.4. The van der Waals surface area contributed by atoms with Crippen molar-refractivity contribution in [2.24, 2.45) is 5.92 Å². The first-order chi connectivity index (χ1) is 17.4. The molecule has 0 aliphatic heterocycles. The number of carbonyl (C=O) groups is 2. The van der Waals surface area contributed by atoms with Gasteiger partial charge in [0.2, 0.25) is 0 Å². The molecule has 37 heavy (non-hydrogen) atoms. The number of Topliss-reactive ketones (excluding diaryl/α,β-unsaturated/α-hetero) is 2. The molecular weight excluding hydrogens is 456 g/mol. The molecule has 3 nitrogen and oxygen atoms in total. The lowest BCUT2D eigenvalue weighted by atomic mass is 9.84. The Morgan fingerprint density at radius 3 is 2.16 bits per heavy atom. The normalized spacial score (nSPS) is 18.2. The summed E-state index contributed by atoms with van der Waals surface area (Å²) >= 11 is 0. The molecule has 1 aliphatic carbocycles. The number of hydrogen-bond acceptors (Lipinski definition) is 3. The first-order valence-electron chi connectivity index (χ1n) is 13.2. The Labute approximate surface area is 224 Å². The monoisotopic (exact) mass is 500 g/mol. The van der Waals surface area contributed by atoms with Crippen LogP contribution < -0.4 is 0 Å². The third kappa shape index (κ3) is 7.89. The highest BCUT2D eigenvalue weighted by atomic mass is 16.5. The third-order valence-electron chi connectivity index (χ3n) is 7.28. The average molecular weight is 501 g/mol. The maximum Gasteiger partial charge on any atom is 0.148 e. The molecule has 0 amide bonds. The molecule has 0 aromatic heterocycles. The van der Waals surface area contributed by atoms with Crippen molar-refractivity contribution in [2.75, 3.05) is 7.11 Å². The van der Waals surface area contributed by atoms with Crippen LogP contribution in [-0.2, 0) is 20.7 Å². The fourth-order valence-corrected chi connectivity index (χ4v) is 5.12. The van der Waals surface area contributed by atoms with Crippen molar-refractivity contribution in [3.05, 3.63) is 99.3 Å². The Morgan fingerprint density at radius 1 is 1.05 bits per heavy atom. The molecule has 2 aromatic rings. The van der Waals surface area contributed by atoms with Crippen LogP contribution in [-0.4, -0.2) is 18.7 Å². The molecule has 198 valence electrons. The molecule has 2 aromatic carbocycles. The smallest absolute Gasteiger partial charge is 0.148 e. The van der Waals surface area contributed by atoms with Crippen LogP contribution in [0.2, 0.25) is 0 Å². The van der Waals surface area contributed by atoms with Gasteiger partial charge in [0.25, 0.3) is 0 Å². The van der Waals surface area contributed by atoms with Gasteiger partial charge >= 0.3 is 0 Å². The molecule has 0 bridgehead atoms. The van der Waals surface area contributed by atoms with Crippen LogP contribution in [0.25, 0.3) is 5.57 Å². The highest BCUT2D eigenvalue weighted by Crippen LogP contribution is 2.43. The van der Waals surface area contributed by atoms with E-state index in [0.29, 0.717) is 12.8 Å². The van der Waals surface area contributed by atoms with Gasteiger partial charge in [-0.25, -0.2) is 0 Å². The van der Waals surface area contributed by atoms with Crippen molar-refractivity contribution in [3.8, 4) is 0 Å². The fraction of sp³-hybridized carbons (Fsp3) is 0.412. The molecule has 0 N–H and O–H groups in total. The fourth-order valence-electron chi connectivity index (χ4n) is 5.12. The maximum atomic E-state index is 13.0. The summed E-state index contributed by atoms with van der Waals surface area (Å²) in [5.74, 6) is 0.553. The van der Waals surface area contributed by atoms with Crippen LogP contribution >= 0.6 is 0 Å². The minimum atomic E-state index is -0.292. The lowest BCUT2D eigenvalue weighted by Crippen LogP contribution is -2.17. The lowest BCUT2D eigenvalue weighted by Gasteiger charge is -2.19. The van der Waals surface area contributed by atoms with E-state index in [0.717, 1.165) is 45.6 Å². The lowest BCUT2D eigenvalue weighted by molar-refractivity contribution is -0.126. The summed E-state index contributed by atoms with van der Waals surface area (Å²) in [5, 5.41) is 0. The molecule has 1 saturated carbocycles. The van der Waals surface area contributed by atoms with Crippen LogP contribution in [0.5, 0.6) is 0 Å². The van der Waals surface area contributed by atoms with Gasteiger partial charge < -0.3 is 9.53 Å². The second-order valence-corrected chi connectivity index (χ2v) is 10.4. The van der Waals surface area contributed by atoms with Crippen LogP contribution in [0.1, 0.15) is 86.8 Å². The zero-order valence-corrected chi connectivity index (χ0v) is 24.2. The Bertz CT molecular complexity index is 1200. The molecule has 3 rings (SSSR count). The van der Waals surface area contributed by atoms with E-state index in [2.05, 4.69) is 84.5 Å². The minimum absolute atomic E-state index is 0.0613. The van der Waals surface area contributed by atoms with Crippen LogP contribution in [0.3, 0.4) is 0 Å². The summed E-state index contributed by atoms with van der Waals surface area (Å²) in [4.78, 5) is 24.5. The van der Waals surface area contributed by atoms with Crippen LogP contribution in [0, 0.1) is 26.7 Å². The van der Waals surface area contributed by atoms with E-state index >= 15 is 0 Å². The number of hydrogen-bond donors (Lipinski definition) is 0. The number of ketones is 2. The van der Waals surface area contributed by atoms with Crippen molar-refractivity contribution >= 4 is 17.1 Å². The summed E-state index contributed by atoms with van der Waals surface area (Å²) in [6.07, 6.45) is 4.10. The summed E-state index contributed by atoms with van der Waals surface area (Å²) < 4.78 is 5.26. The first kappa shape index (κ1) is 30.0. The van der Waals surface area contributed by atoms with Gasteiger partial charge in [-0.15, -0.1) is 0 Å². The first-order valence-corrected chi connectivity index (χ1v) is 13.2. The molecule has 0 spiro atoms. The van der Waals surface area contributed by atoms with Gasteiger partial charge in [0, 0.05) is 12.3 Å². The van der Waals surface area contributed by atoms with Crippen molar-refractivity contribution in [3.63, 3.8) is 0 Å². The number of carbonyl (C=O) groups excluding carboxylic acids is 2. The molecule has 1 fully saturated rings. The molecule has 2 atom stereocenters. The second-order valence-electron chi connectivity index (χ2n) is 10.4. The van der Waals surface area contributed by atoms with E-state index in [4.69, 9.17) is 4.74 Å². The summed E-state index contributed by atoms with van der Waals surface area (Å²) in [6.45, 7) is 20.2. The molecule has 0 saturated heterocycles. The SMILES string of the molecule is C=C1CC(CC(C)=O)C(=O)C1c1c(C)cc(/C(C)=C(C)/C=C(\C)OC)cc1C.CCc1cccc(C)c1. The molecule has 3 heteroatoms. The van der Waals surface area contributed by atoms with E-state index in [1.165, 1.54) is 16.7 Å². The predicted molar refractivity (Wildman–Crippen MR) is 156 cm³/mol. The number of methoxy groups -OCH3 is 1. The predicted octanol–water partition coefficient (Wildman–Crippen LogP) is 8.41. The highest BCUT2D eigenvalue weighted by molar-refractivity contribution is 5.97. The Morgan fingerprint density at radius 2 is 1.68 bits per heavy atom. The van der Waals surface area contributed by atoms with E-state index in [1.807, 2.05) is 13.0 Å². The van der Waals surface area contributed by atoms with Crippen molar-refractivity contribution in [1.82, 2.24) is 0 Å². The van der Waals surface area contributed by atoms with Gasteiger partial charge in [0.1, 0.15) is 11.6 Å². The Balaban J connectivity index is 0.000000449. The van der Waals surface area contributed by atoms with Gasteiger partial charge in [-0.2, -0.15) is 0 Å². The number of rotatable bonds is 7. The van der Waals surface area contributed by atoms with Crippen molar-refractivity contribution < 1.29 is 14.3 Å². The van der Waals surface area contributed by atoms with Crippen LogP contribution in [0.15, 0.2) is 66.0 Å². The molecule has 0 heterocycles. The largest absolute Gasteiger partial charge is 0.501 e. The Kier molecular flexibility index (Phi) is 10.9. The van der Waals surface area contributed by atoms with Gasteiger partial charge in [0.15, 0.2) is 0 Å². The van der Waals surface area contributed by atoms with Gasteiger partial charge in [-0.05, 0) is 106 Å². The highest BCUT2D eigenvalue weighted by Gasteiger charge is 2.39. The van der Waals surface area contributed by atoms with Crippen LogP contribution in [0.4, 0.5) is 0 Å². The summed E-state index contributed by atoms with van der Waals surface area (Å²) in [7, 11) is 1.67. The third-order valence-corrected chi connectivity index (χ3v) is 7.28. The number of ether oxygens (including phenoxy) is 1. The maximum absolute atomic E-state index is 13.0. The summed E-state index contributed by atoms with van der Waals surface area (Å²) in [5.41, 5.74) is 10.4. The topological polar surface area (TPSA) is 43.4 Å². The zero-order chi connectivity index (χ0) is 27.9. The Hall–Kier alpha value is -3.20. The number of allylic oxidation sites excluding steroid dienone is 5. The number of benzene rings is 2. The van der Waals surface area contributed by atoms with E-state index in [9.17, 15) is 9.59 Å². The quantitative estimate of drug-likeness (QED) is 0.218. The van der Waals surface area contributed by atoms with E-state index in [1.54, 1.807) is 14.0 Å². The van der Waals surface area contributed by atoms with Gasteiger partial charge in [0.05, 0.1) is 18.8 Å². The van der Waals surface area contributed by atoms with E-state index in [-0.39, 0.29) is 23.4 Å².